The van der Waals surface area contributed by atoms with Gasteiger partial charge in [0.2, 0.25) is 5.91 Å². The molecule has 0 bridgehead atoms. The molecule has 0 unspecified atom stereocenters. The van der Waals surface area contributed by atoms with Gasteiger partial charge in [0.15, 0.2) is 0 Å². The van der Waals surface area contributed by atoms with Gasteiger partial charge in [0, 0.05) is 5.69 Å². The molecule has 0 aliphatic heterocycles. The Labute approximate surface area is 155 Å². The van der Waals surface area contributed by atoms with E-state index in [1.54, 1.807) is 7.11 Å². The molecule has 0 heterocycles. The summed E-state index contributed by atoms with van der Waals surface area (Å²) in [5.41, 5.74) is 3.42. The standard InChI is InChI=1S/C21H28N2O3/c1-15(2)19-7-5-6-16(3)21(19)23-14-20(24)22-12-13-26-18-10-8-17(25-4)9-11-18/h5-11,15,23H,12-14H2,1-4H3,(H,22,24). The van der Waals surface area contributed by atoms with E-state index in [4.69, 9.17) is 9.47 Å². The summed E-state index contributed by atoms with van der Waals surface area (Å²) < 4.78 is 10.7. The van der Waals surface area contributed by atoms with E-state index >= 15 is 0 Å². The maximum absolute atomic E-state index is 12.1. The van der Waals surface area contributed by atoms with E-state index < -0.39 is 0 Å². The van der Waals surface area contributed by atoms with Gasteiger partial charge < -0.3 is 20.1 Å². The zero-order valence-electron chi connectivity index (χ0n) is 16.0. The van der Waals surface area contributed by atoms with Gasteiger partial charge in [-0.3, -0.25) is 4.79 Å². The van der Waals surface area contributed by atoms with E-state index in [1.807, 2.05) is 30.3 Å². The highest BCUT2D eigenvalue weighted by Gasteiger charge is 2.10. The second kappa shape index (κ2) is 9.70. The maximum atomic E-state index is 12.1. The average molecular weight is 356 g/mol. The lowest BCUT2D eigenvalue weighted by atomic mass is 9.98. The molecule has 0 aliphatic carbocycles. The summed E-state index contributed by atoms with van der Waals surface area (Å²) in [7, 11) is 1.63. The van der Waals surface area contributed by atoms with Crippen LogP contribution in [0, 0.1) is 6.92 Å². The molecule has 2 aromatic rings. The number of hydrogen-bond acceptors (Lipinski definition) is 4. The Morgan fingerprint density at radius 1 is 1.08 bits per heavy atom. The number of anilines is 1. The molecular weight excluding hydrogens is 328 g/mol. The zero-order valence-corrected chi connectivity index (χ0v) is 16.0. The topological polar surface area (TPSA) is 59.6 Å². The summed E-state index contributed by atoms with van der Waals surface area (Å²) in [6.45, 7) is 7.46. The highest BCUT2D eigenvalue weighted by Crippen LogP contribution is 2.27. The quantitative estimate of drug-likeness (QED) is 0.672. The van der Waals surface area contributed by atoms with Crippen LogP contribution < -0.4 is 20.1 Å². The molecule has 0 saturated carbocycles. The van der Waals surface area contributed by atoms with E-state index in [9.17, 15) is 4.79 Å². The average Bonchev–Trinajstić information content (AvgIpc) is 2.64. The van der Waals surface area contributed by atoms with Gasteiger partial charge in [-0.2, -0.15) is 0 Å². The first-order chi connectivity index (χ1) is 12.5. The van der Waals surface area contributed by atoms with Gasteiger partial charge in [0.05, 0.1) is 20.2 Å². The highest BCUT2D eigenvalue weighted by atomic mass is 16.5. The number of benzene rings is 2. The number of nitrogens with one attached hydrogen (secondary N) is 2. The van der Waals surface area contributed by atoms with E-state index in [-0.39, 0.29) is 12.5 Å². The monoisotopic (exact) mass is 356 g/mol. The van der Waals surface area contributed by atoms with Crippen LogP contribution in [0.5, 0.6) is 11.5 Å². The van der Waals surface area contributed by atoms with E-state index in [0.29, 0.717) is 19.1 Å². The Morgan fingerprint density at radius 2 is 1.77 bits per heavy atom. The van der Waals surface area contributed by atoms with Crippen molar-refractivity contribution >= 4 is 11.6 Å². The summed E-state index contributed by atoms with van der Waals surface area (Å²) in [4.78, 5) is 12.1. The van der Waals surface area contributed by atoms with Crippen LogP contribution in [0.3, 0.4) is 0 Å². The number of carbonyl (C=O) groups is 1. The Hall–Kier alpha value is -2.69. The fraction of sp³-hybridized carbons (Fsp3) is 0.381. The molecule has 0 aromatic heterocycles. The molecule has 2 aromatic carbocycles. The number of aryl methyl sites for hydroxylation is 1. The molecule has 140 valence electrons. The molecule has 0 fully saturated rings. The Balaban J connectivity index is 1.74. The number of amides is 1. The lowest BCUT2D eigenvalue weighted by Crippen LogP contribution is -2.33. The maximum Gasteiger partial charge on any atom is 0.239 e. The first-order valence-electron chi connectivity index (χ1n) is 8.88. The lowest BCUT2D eigenvalue weighted by molar-refractivity contribution is -0.119. The predicted octanol–water partition coefficient (Wildman–Crippen LogP) is 3.73. The van der Waals surface area contributed by atoms with Gasteiger partial charge in [-0.05, 0) is 48.2 Å². The largest absolute Gasteiger partial charge is 0.497 e. The number of para-hydroxylation sites is 1. The molecule has 5 heteroatoms. The van der Waals surface area contributed by atoms with Gasteiger partial charge >= 0.3 is 0 Å². The fourth-order valence-electron chi connectivity index (χ4n) is 2.68. The molecule has 0 saturated heterocycles. The molecule has 2 N–H and O–H groups in total. The smallest absolute Gasteiger partial charge is 0.239 e. The minimum absolute atomic E-state index is 0.0544. The molecule has 0 spiro atoms. The van der Waals surface area contributed by atoms with Crippen molar-refractivity contribution in [3.05, 3.63) is 53.6 Å². The summed E-state index contributed by atoms with van der Waals surface area (Å²) in [5, 5.41) is 6.13. The van der Waals surface area contributed by atoms with Crippen molar-refractivity contribution in [1.82, 2.24) is 5.32 Å². The molecule has 1 amide bonds. The minimum atomic E-state index is -0.0544. The predicted molar refractivity (Wildman–Crippen MR) is 105 cm³/mol. The van der Waals surface area contributed by atoms with Crippen LogP contribution in [-0.4, -0.2) is 32.7 Å². The second-order valence-corrected chi connectivity index (χ2v) is 6.42. The van der Waals surface area contributed by atoms with Crippen LogP contribution in [0.25, 0.3) is 0 Å². The van der Waals surface area contributed by atoms with Crippen LogP contribution in [0.2, 0.25) is 0 Å². The third-order valence-electron chi connectivity index (χ3n) is 4.11. The molecule has 26 heavy (non-hydrogen) atoms. The van der Waals surface area contributed by atoms with Crippen molar-refractivity contribution < 1.29 is 14.3 Å². The van der Waals surface area contributed by atoms with Gasteiger partial charge in [0.25, 0.3) is 0 Å². The Bertz CT molecular complexity index is 712. The highest BCUT2D eigenvalue weighted by molar-refractivity contribution is 5.81. The summed E-state index contributed by atoms with van der Waals surface area (Å²) in [6.07, 6.45) is 0. The fourth-order valence-corrected chi connectivity index (χ4v) is 2.68. The number of carbonyl (C=O) groups excluding carboxylic acids is 1. The van der Waals surface area contributed by atoms with Gasteiger partial charge in [-0.1, -0.05) is 32.0 Å². The Kier molecular flexibility index (Phi) is 7.33. The van der Waals surface area contributed by atoms with Crippen LogP contribution in [0.4, 0.5) is 5.69 Å². The SMILES string of the molecule is COc1ccc(OCCNC(=O)CNc2c(C)cccc2C(C)C)cc1. The van der Waals surface area contributed by atoms with Crippen molar-refractivity contribution in [2.24, 2.45) is 0 Å². The number of ether oxygens (including phenoxy) is 2. The van der Waals surface area contributed by atoms with Crippen LogP contribution in [0.1, 0.15) is 30.9 Å². The first kappa shape index (κ1) is 19.6. The molecule has 5 nitrogen and oxygen atoms in total. The van der Waals surface area contributed by atoms with E-state index in [2.05, 4.69) is 43.5 Å². The van der Waals surface area contributed by atoms with Gasteiger partial charge in [0.1, 0.15) is 18.1 Å². The van der Waals surface area contributed by atoms with Gasteiger partial charge in [-0.25, -0.2) is 0 Å². The van der Waals surface area contributed by atoms with Crippen molar-refractivity contribution in [2.75, 3.05) is 32.1 Å². The molecular formula is C21H28N2O3. The zero-order chi connectivity index (χ0) is 18.9. The Morgan fingerprint density at radius 3 is 2.42 bits per heavy atom. The van der Waals surface area contributed by atoms with Crippen LogP contribution in [-0.2, 0) is 4.79 Å². The number of rotatable bonds is 9. The van der Waals surface area contributed by atoms with Crippen molar-refractivity contribution in [2.45, 2.75) is 26.7 Å². The molecule has 0 aliphatic rings. The molecule has 2 rings (SSSR count). The number of methoxy groups -OCH3 is 1. The second-order valence-electron chi connectivity index (χ2n) is 6.42. The van der Waals surface area contributed by atoms with Crippen molar-refractivity contribution in [3.63, 3.8) is 0 Å². The number of hydrogen-bond donors (Lipinski definition) is 2. The third kappa shape index (κ3) is 5.69. The van der Waals surface area contributed by atoms with Crippen LogP contribution >= 0.6 is 0 Å². The normalized spacial score (nSPS) is 10.5. The van der Waals surface area contributed by atoms with E-state index in [0.717, 1.165) is 22.7 Å². The minimum Gasteiger partial charge on any atom is -0.497 e. The van der Waals surface area contributed by atoms with E-state index in [1.165, 1.54) is 5.56 Å². The van der Waals surface area contributed by atoms with Crippen molar-refractivity contribution in [1.29, 1.82) is 0 Å². The van der Waals surface area contributed by atoms with Crippen LogP contribution in [0.15, 0.2) is 42.5 Å². The first-order valence-corrected chi connectivity index (χ1v) is 8.88. The molecule has 0 radical (unpaired) electrons. The van der Waals surface area contributed by atoms with Gasteiger partial charge in [-0.15, -0.1) is 0 Å². The molecule has 0 atom stereocenters. The van der Waals surface area contributed by atoms with Crippen molar-refractivity contribution in [3.8, 4) is 11.5 Å². The lowest BCUT2D eigenvalue weighted by Gasteiger charge is -2.17. The summed E-state index contributed by atoms with van der Waals surface area (Å²) in [5.74, 6) is 1.88. The third-order valence-corrected chi connectivity index (χ3v) is 4.11. The summed E-state index contributed by atoms with van der Waals surface area (Å²) >= 11 is 0. The summed E-state index contributed by atoms with van der Waals surface area (Å²) in [6, 6.07) is 13.6.